The van der Waals surface area contributed by atoms with Crippen LogP contribution in [0.15, 0.2) is 85.5 Å². The van der Waals surface area contributed by atoms with Gasteiger partial charge in [0, 0.05) is 6.08 Å². The molecule has 0 saturated carbocycles. The summed E-state index contributed by atoms with van der Waals surface area (Å²) in [7, 11) is 0. The van der Waals surface area contributed by atoms with Gasteiger partial charge in [-0.1, -0.05) is 63.2 Å². The number of hydrogen-bond acceptors (Lipinski definition) is 6. The minimum atomic E-state index is -0.731. The molecular formula is C32H36O6. The predicted octanol–water partition coefficient (Wildman–Crippen LogP) is 6.41. The molecule has 0 aliphatic heterocycles. The number of carbonyl (C=O) groups is 2. The Kier molecular flexibility index (Phi) is 11.1. The Morgan fingerprint density at radius 2 is 1.53 bits per heavy atom. The van der Waals surface area contributed by atoms with Crippen LogP contribution in [0.1, 0.15) is 49.0 Å². The van der Waals surface area contributed by atoms with Gasteiger partial charge in [-0.2, -0.15) is 0 Å². The molecule has 1 N–H and O–H groups in total. The van der Waals surface area contributed by atoms with Crippen molar-refractivity contribution in [2.45, 2.75) is 45.6 Å². The van der Waals surface area contributed by atoms with Crippen LogP contribution in [0.4, 0.5) is 0 Å². The number of hydrogen-bond donors (Lipinski definition) is 1. The van der Waals surface area contributed by atoms with Gasteiger partial charge in [-0.05, 0) is 78.3 Å². The summed E-state index contributed by atoms with van der Waals surface area (Å²) in [4.78, 5) is 23.6. The highest BCUT2D eigenvalue weighted by atomic mass is 16.5. The molecule has 0 amide bonds. The highest BCUT2D eigenvalue weighted by Gasteiger charge is 2.10. The Morgan fingerprint density at radius 3 is 2.13 bits per heavy atom. The van der Waals surface area contributed by atoms with E-state index in [1.807, 2.05) is 60.7 Å². The normalized spacial score (nSPS) is 12.3. The number of benzene rings is 3. The first-order valence-corrected chi connectivity index (χ1v) is 13.0. The monoisotopic (exact) mass is 516 g/mol. The fourth-order valence-electron chi connectivity index (χ4n) is 3.78. The van der Waals surface area contributed by atoms with Crippen molar-refractivity contribution in [3.63, 3.8) is 0 Å². The van der Waals surface area contributed by atoms with Gasteiger partial charge in [0.2, 0.25) is 0 Å². The Bertz CT molecular complexity index is 1170. The number of aliphatic hydroxyl groups is 1. The summed E-state index contributed by atoms with van der Waals surface area (Å²) in [5.41, 5.74) is 3.69. The number of esters is 2. The second kappa shape index (κ2) is 14.7. The minimum absolute atomic E-state index is 0.0539. The molecule has 0 saturated heterocycles. The van der Waals surface area contributed by atoms with E-state index in [0.717, 1.165) is 35.8 Å². The van der Waals surface area contributed by atoms with Crippen molar-refractivity contribution < 1.29 is 28.9 Å². The van der Waals surface area contributed by atoms with Crippen LogP contribution in [-0.2, 0) is 16.0 Å². The lowest BCUT2D eigenvalue weighted by Gasteiger charge is -2.11. The van der Waals surface area contributed by atoms with Gasteiger partial charge >= 0.3 is 11.9 Å². The van der Waals surface area contributed by atoms with Gasteiger partial charge in [-0.15, -0.1) is 0 Å². The molecule has 3 rings (SSSR count). The molecule has 0 spiro atoms. The highest BCUT2D eigenvalue weighted by Crippen LogP contribution is 2.24. The van der Waals surface area contributed by atoms with Crippen LogP contribution in [0.3, 0.4) is 0 Å². The lowest BCUT2D eigenvalue weighted by atomic mass is 9.99. The molecule has 0 heterocycles. The second-order valence-corrected chi connectivity index (χ2v) is 9.33. The molecule has 0 bridgehead atoms. The summed E-state index contributed by atoms with van der Waals surface area (Å²) in [6.07, 6.45) is 3.56. The maximum absolute atomic E-state index is 12.6. The van der Waals surface area contributed by atoms with Crippen molar-refractivity contribution in [3.05, 3.63) is 96.6 Å². The van der Waals surface area contributed by atoms with Gasteiger partial charge in [-0.25, -0.2) is 9.59 Å². The summed E-state index contributed by atoms with van der Waals surface area (Å²) in [6, 6.07) is 22.7. The van der Waals surface area contributed by atoms with Crippen LogP contribution < -0.4 is 9.47 Å². The average molecular weight is 517 g/mol. The summed E-state index contributed by atoms with van der Waals surface area (Å²) >= 11 is 0. The fourth-order valence-corrected chi connectivity index (χ4v) is 3.78. The van der Waals surface area contributed by atoms with E-state index >= 15 is 0 Å². The van der Waals surface area contributed by atoms with E-state index in [4.69, 9.17) is 14.2 Å². The molecule has 0 aliphatic rings. The van der Waals surface area contributed by atoms with Crippen molar-refractivity contribution in [2.24, 2.45) is 5.92 Å². The van der Waals surface area contributed by atoms with Crippen LogP contribution in [0, 0.1) is 5.92 Å². The quantitative estimate of drug-likeness (QED) is 0.115. The fraction of sp³-hybridized carbons (Fsp3) is 0.312. The first kappa shape index (κ1) is 28.7. The molecule has 0 aliphatic carbocycles. The zero-order chi connectivity index (χ0) is 27.3. The third kappa shape index (κ3) is 9.20. The largest absolute Gasteiger partial charge is 0.494 e. The molecule has 0 fully saturated rings. The molecule has 2 unspecified atom stereocenters. The Labute approximate surface area is 224 Å². The highest BCUT2D eigenvalue weighted by molar-refractivity contribution is 5.91. The molecule has 0 radical (unpaired) electrons. The zero-order valence-corrected chi connectivity index (χ0v) is 22.1. The first-order chi connectivity index (χ1) is 18.4. The number of ether oxygens (including phenoxy) is 3. The van der Waals surface area contributed by atoms with E-state index in [0.29, 0.717) is 36.7 Å². The molecule has 3 aromatic rings. The summed E-state index contributed by atoms with van der Waals surface area (Å²) < 4.78 is 16.1. The maximum Gasteiger partial charge on any atom is 0.343 e. The Balaban J connectivity index is 1.45. The second-order valence-electron chi connectivity index (χ2n) is 9.33. The Morgan fingerprint density at radius 1 is 0.921 bits per heavy atom. The van der Waals surface area contributed by atoms with Crippen LogP contribution in [0.5, 0.6) is 11.5 Å². The van der Waals surface area contributed by atoms with E-state index in [9.17, 15) is 14.7 Å². The molecular weight excluding hydrogens is 480 g/mol. The average Bonchev–Trinajstić information content (AvgIpc) is 2.95. The number of carbonyl (C=O) groups excluding carboxylic acids is 2. The van der Waals surface area contributed by atoms with Gasteiger partial charge < -0.3 is 19.3 Å². The molecule has 200 valence electrons. The first-order valence-electron chi connectivity index (χ1n) is 13.0. The van der Waals surface area contributed by atoms with Gasteiger partial charge in [0.25, 0.3) is 0 Å². The zero-order valence-electron chi connectivity index (χ0n) is 22.1. The SMILES string of the molecule is C=CC(=O)OCC(O)CCCOc1ccc(-c2ccc(C(=O)Oc3ccc(CC(C)CC)cc3)cc2)cc1. The van der Waals surface area contributed by atoms with Gasteiger partial charge in [0.1, 0.15) is 18.1 Å². The topological polar surface area (TPSA) is 82.1 Å². The van der Waals surface area contributed by atoms with Crippen molar-refractivity contribution >= 4 is 11.9 Å². The minimum Gasteiger partial charge on any atom is -0.494 e. The van der Waals surface area contributed by atoms with Crippen LogP contribution in [0.2, 0.25) is 0 Å². The molecule has 6 heteroatoms. The molecule has 38 heavy (non-hydrogen) atoms. The molecule has 2 atom stereocenters. The lowest BCUT2D eigenvalue weighted by molar-refractivity contribution is -0.140. The number of aliphatic hydroxyl groups excluding tert-OH is 1. The number of rotatable bonds is 14. The lowest BCUT2D eigenvalue weighted by Crippen LogP contribution is -2.18. The van der Waals surface area contributed by atoms with E-state index < -0.39 is 12.1 Å². The smallest absolute Gasteiger partial charge is 0.343 e. The van der Waals surface area contributed by atoms with Gasteiger partial charge in [0.05, 0.1) is 18.3 Å². The van der Waals surface area contributed by atoms with Crippen LogP contribution in [-0.4, -0.2) is 36.4 Å². The third-order valence-corrected chi connectivity index (χ3v) is 6.26. The predicted molar refractivity (Wildman–Crippen MR) is 148 cm³/mol. The molecule has 3 aromatic carbocycles. The van der Waals surface area contributed by atoms with E-state index in [2.05, 4.69) is 20.4 Å². The van der Waals surface area contributed by atoms with Gasteiger partial charge in [-0.3, -0.25) is 0 Å². The van der Waals surface area contributed by atoms with E-state index in [-0.39, 0.29) is 12.6 Å². The summed E-state index contributed by atoms with van der Waals surface area (Å²) in [6.45, 7) is 8.10. The molecule has 0 aromatic heterocycles. The third-order valence-electron chi connectivity index (χ3n) is 6.26. The van der Waals surface area contributed by atoms with Crippen molar-refractivity contribution in [2.75, 3.05) is 13.2 Å². The van der Waals surface area contributed by atoms with Crippen molar-refractivity contribution in [1.29, 1.82) is 0 Å². The summed E-state index contributed by atoms with van der Waals surface area (Å²) in [5.74, 6) is 0.941. The maximum atomic E-state index is 12.6. The van der Waals surface area contributed by atoms with Crippen molar-refractivity contribution in [1.82, 2.24) is 0 Å². The van der Waals surface area contributed by atoms with E-state index in [1.165, 1.54) is 5.56 Å². The summed E-state index contributed by atoms with van der Waals surface area (Å²) in [5, 5.41) is 9.83. The van der Waals surface area contributed by atoms with Crippen LogP contribution in [0.25, 0.3) is 11.1 Å². The standard InChI is InChI=1S/C32H36O6/c1-4-23(3)21-24-8-16-30(17-9-24)38-32(35)27-12-10-25(11-13-27)26-14-18-29(19-15-26)36-20-6-7-28(33)22-37-31(34)5-2/h5,8-19,23,28,33H,2,4,6-7,20-22H2,1,3H3. The van der Waals surface area contributed by atoms with Crippen molar-refractivity contribution in [3.8, 4) is 22.6 Å². The van der Waals surface area contributed by atoms with Crippen LogP contribution >= 0.6 is 0 Å². The molecule has 6 nitrogen and oxygen atoms in total. The van der Waals surface area contributed by atoms with E-state index in [1.54, 1.807) is 12.1 Å². The Hall–Kier alpha value is -3.90. The van der Waals surface area contributed by atoms with Gasteiger partial charge in [0.15, 0.2) is 0 Å².